The first-order valence-electron chi connectivity index (χ1n) is 9.13. The summed E-state index contributed by atoms with van der Waals surface area (Å²) in [4.78, 5) is 13.9. The van der Waals surface area contributed by atoms with Crippen molar-refractivity contribution in [3.05, 3.63) is 66.2 Å². The molecule has 0 spiro atoms. The van der Waals surface area contributed by atoms with Crippen LogP contribution in [0.15, 0.2) is 59.9 Å². The fourth-order valence-corrected chi connectivity index (χ4v) is 3.55. The van der Waals surface area contributed by atoms with Crippen LogP contribution in [0.5, 0.6) is 11.5 Å². The molecule has 0 amide bonds. The molecule has 0 aliphatic carbocycles. The highest BCUT2D eigenvalue weighted by atomic mass is 16.5. The Labute approximate surface area is 157 Å². The summed E-state index contributed by atoms with van der Waals surface area (Å²) in [5.74, 6) is 3.53. The molecule has 27 heavy (non-hydrogen) atoms. The Morgan fingerprint density at radius 3 is 2.52 bits per heavy atom. The molecule has 3 aromatic rings. The number of benzene rings is 2. The van der Waals surface area contributed by atoms with Crippen LogP contribution in [0.25, 0.3) is 0 Å². The molecule has 2 aliphatic rings. The predicted octanol–water partition coefficient (Wildman–Crippen LogP) is 2.81. The molecule has 1 aromatic heterocycles. The summed E-state index contributed by atoms with van der Waals surface area (Å²) < 4.78 is 6.14. The maximum Gasteiger partial charge on any atom is 0.153 e. The van der Waals surface area contributed by atoms with Crippen molar-refractivity contribution in [2.45, 2.75) is 6.54 Å². The summed E-state index contributed by atoms with van der Waals surface area (Å²) >= 11 is 0. The van der Waals surface area contributed by atoms with Gasteiger partial charge in [0.15, 0.2) is 5.75 Å². The highest BCUT2D eigenvalue weighted by Gasteiger charge is 2.25. The van der Waals surface area contributed by atoms with E-state index in [1.54, 1.807) is 6.33 Å². The van der Waals surface area contributed by atoms with Crippen molar-refractivity contribution in [1.29, 1.82) is 0 Å². The van der Waals surface area contributed by atoms with Crippen molar-refractivity contribution in [2.75, 3.05) is 26.2 Å². The van der Waals surface area contributed by atoms with Crippen molar-refractivity contribution in [3.8, 4) is 11.5 Å². The van der Waals surface area contributed by atoms with E-state index >= 15 is 0 Å². The summed E-state index contributed by atoms with van der Waals surface area (Å²) in [7, 11) is 0. The van der Waals surface area contributed by atoms with Crippen LogP contribution < -0.4 is 4.74 Å². The number of ether oxygens (including phenoxy) is 1. The van der Waals surface area contributed by atoms with Crippen LogP contribution >= 0.6 is 0 Å². The SMILES string of the molecule is c1ccc2c(c1)N=C(N1CCN(Cc3ncn[nH]3)CC1)c1ccccc1O2. The standard InChI is InChI=1S/C20H20N6O/c1-3-7-17-15(5-1)20(23-16-6-2-4-8-18(16)27-17)26-11-9-25(10-12-26)13-19-21-14-22-24-19/h1-8,14H,9-13H2,(H,21,22,24). The topological polar surface area (TPSA) is 69.6 Å². The molecular weight excluding hydrogens is 340 g/mol. The molecular formula is C20H20N6O. The van der Waals surface area contributed by atoms with Crippen molar-refractivity contribution in [3.63, 3.8) is 0 Å². The Morgan fingerprint density at radius 2 is 1.70 bits per heavy atom. The lowest BCUT2D eigenvalue weighted by atomic mass is 10.1. The quantitative estimate of drug-likeness (QED) is 0.761. The van der Waals surface area contributed by atoms with E-state index in [0.717, 1.165) is 67.1 Å². The highest BCUT2D eigenvalue weighted by molar-refractivity contribution is 6.03. The second-order valence-electron chi connectivity index (χ2n) is 6.70. The lowest BCUT2D eigenvalue weighted by molar-refractivity contribution is 0.172. The van der Waals surface area contributed by atoms with Gasteiger partial charge in [0.2, 0.25) is 0 Å². The van der Waals surface area contributed by atoms with E-state index in [1.807, 2.05) is 42.5 Å². The molecule has 0 saturated carbocycles. The zero-order valence-corrected chi connectivity index (χ0v) is 14.9. The van der Waals surface area contributed by atoms with E-state index in [-0.39, 0.29) is 0 Å². The van der Waals surface area contributed by atoms with Gasteiger partial charge in [-0.15, -0.1) is 0 Å². The predicted molar refractivity (Wildman–Crippen MR) is 102 cm³/mol. The van der Waals surface area contributed by atoms with Gasteiger partial charge in [-0.25, -0.2) is 9.98 Å². The number of amidine groups is 1. The number of para-hydroxylation sites is 3. The highest BCUT2D eigenvalue weighted by Crippen LogP contribution is 2.37. The van der Waals surface area contributed by atoms with Gasteiger partial charge >= 0.3 is 0 Å². The molecule has 0 atom stereocenters. The first kappa shape index (κ1) is 16.0. The fourth-order valence-electron chi connectivity index (χ4n) is 3.55. The fraction of sp³-hybridized carbons (Fsp3) is 0.250. The number of aromatic nitrogens is 3. The Balaban J connectivity index is 1.41. The van der Waals surface area contributed by atoms with Crippen molar-refractivity contribution < 1.29 is 4.74 Å². The van der Waals surface area contributed by atoms with E-state index in [1.165, 1.54) is 0 Å². The summed E-state index contributed by atoms with van der Waals surface area (Å²) in [6.45, 7) is 4.50. The minimum absolute atomic E-state index is 0.794. The Morgan fingerprint density at radius 1 is 0.926 bits per heavy atom. The molecule has 7 nitrogen and oxygen atoms in total. The summed E-state index contributed by atoms with van der Waals surface area (Å²) in [5.41, 5.74) is 1.91. The first-order valence-corrected chi connectivity index (χ1v) is 9.13. The third-order valence-corrected chi connectivity index (χ3v) is 4.95. The number of piperazine rings is 1. The number of rotatable bonds is 2. The average molecular weight is 360 g/mol. The number of aromatic amines is 1. The Bertz CT molecular complexity index is 960. The molecule has 1 saturated heterocycles. The van der Waals surface area contributed by atoms with Crippen molar-refractivity contribution >= 4 is 11.5 Å². The van der Waals surface area contributed by atoms with Crippen LogP contribution in [0.3, 0.4) is 0 Å². The molecule has 5 rings (SSSR count). The van der Waals surface area contributed by atoms with Gasteiger partial charge in [0.1, 0.15) is 29.4 Å². The third kappa shape index (κ3) is 3.17. The van der Waals surface area contributed by atoms with E-state index in [9.17, 15) is 0 Å². The van der Waals surface area contributed by atoms with Crippen LogP contribution in [-0.4, -0.2) is 57.0 Å². The number of H-pyrrole nitrogens is 1. The molecule has 0 bridgehead atoms. The van der Waals surface area contributed by atoms with Gasteiger partial charge in [-0.1, -0.05) is 24.3 Å². The summed E-state index contributed by atoms with van der Waals surface area (Å²) in [5, 5.41) is 6.86. The minimum atomic E-state index is 0.794. The number of hydrogen-bond donors (Lipinski definition) is 1. The summed E-state index contributed by atoms with van der Waals surface area (Å²) in [6, 6.07) is 16.1. The number of nitrogens with one attached hydrogen (secondary N) is 1. The zero-order chi connectivity index (χ0) is 18.1. The van der Waals surface area contributed by atoms with Crippen molar-refractivity contribution in [2.24, 2.45) is 4.99 Å². The van der Waals surface area contributed by atoms with Gasteiger partial charge in [0.05, 0.1) is 12.1 Å². The minimum Gasteiger partial charge on any atom is -0.454 e. The molecule has 1 fully saturated rings. The van der Waals surface area contributed by atoms with E-state index in [0.29, 0.717) is 0 Å². The van der Waals surface area contributed by atoms with E-state index < -0.39 is 0 Å². The van der Waals surface area contributed by atoms with Gasteiger partial charge in [-0.2, -0.15) is 5.10 Å². The lowest BCUT2D eigenvalue weighted by Gasteiger charge is -2.36. The Hall–Kier alpha value is -3.19. The number of fused-ring (bicyclic) bond motifs is 2. The van der Waals surface area contributed by atoms with Crippen molar-refractivity contribution in [1.82, 2.24) is 25.0 Å². The molecule has 1 N–H and O–H groups in total. The number of nitrogens with zero attached hydrogens (tertiary/aromatic N) is 5. The van der Waals surface area contributed by atoms with Gasteiger partial charge < -0.3 is 9.64 Å². The van der Waals surface area contributed by atoms with Crippen LogP contribution in [0.1, 0.15) is 11.4 Å². The second-order valence-corrected chi connectivity index (χ2v) is 6.70. The third-order valence-electron chi connectivity index (χ3n) is 4.95. The van der Waals surface area contributed by atoms with Gasteiger partial charge in [0, 0.05) is 26.2 Å². The average Bonchev–Trinajstić information content (AvgIpc) is 3.15. The monoisotopic (exact) mass is 360 g/mol. The largest absolute Gasteiger partial charge is 0.454 e. The number of aliphatic imine (C=N–C) groups is 1. The Kier molecular flexibility index (Phi) is 4.06. The molecule has 2 aliphatic heterocycles. The molecule has 0 unspecified atom stereocenters. The van der Waals surface area contributed by atoms with Crippen LogP contribution in [0.4, 0.5) is 5.69 Å². The normalized spacial score (nSPS) is 16.7. The molecule has 2 aromatic carbocycles. The lowest BCUT2D eigenvalue weighted by Crippen LogP contribution is -2.48. The maximum atomic E-state index is 6.14. The van der Waals surface area contributed by atoms with Crippen LogP contribution in [0, 0.1) is 0 Å². The van der Waals surface area contributed by atoms with Crippen LogP contribution in [-0.2, 0) is 6.54 Å². The number of hydrogen-bond acceptors (Lipinski definition) is 6. The van der Waals surface area contributed by atoms with Gasteiger partial charge in [-0.3, -0.25) is 10.00 Å². The first-order chi connectivity index (χ1) is 13.4. The molecule has 136 valence electrons. The second kappa shape index (κ2) is 6.85. The molecule has 3 heterocycles. The zero-order valence-electron chi connectivity index (χ0n) is 14.9. The van der Waals surface area contributed by atoms with E-state index in [2.05, 4.69) is 31.0 Å². The smallest absolute Gasteiger partial charge is 0.153 e. The summed E-state index contributed by atoms with van der Waals surface area (Å²) in [6.07, 6.45) is 1.56. The van der Waals surface area contributed by atoms with E-state index in [4.69, 9.17) is 9.73 Å². The van der Waals surface area contributed by atoms with Gasteiger partial charge in [0.25, 0.3) is 0 Å². The maximum absolute atomic E-state index is 6.14. The van der Waals surface area contributed by atoms with Gasteiger partial charge in [-0.05, 0) is 24.3 Å². The van der Waals surface area contributed by atoms with Crippen LogP contribution in [0.2, 0.25) is 0 Å². The molecule has 0 radical (unpaired) electrons. The molecule has 7 heteroatoms.